The van der Waals surface area contributed by atoms with Crippen molar-refractivity contribution in [3.05, 3.63) is 100 Å². The summed E-state index contributed by atoms with van der Waals surface area (Å²) in [5.41, 5.74) is 1.65. The van der Waals surface area contributed by atoms with E-state index in [2.05, 4.69) is 21.2 Å². The normalized spacial score (nSPS) is 11.7. The summed E-state index contributed by atoms with van der Waals surface area (Å²) in [5.74, 6) is -0.120. The van der Waals surface area contributed by atoms with E-state index in [-0.39, 0.29) is 36.7 Å². The molecule has 0 fully saturated rings. The highest BCUT2D eigenvalue weighted by molar-refractivity contribution is 9.10. The third kappa shape index (κ3) is 8.51. The fraction of sp³-hybridized carbons (Fsp3) is 0.286. The largest absolute Gasteiger partial charge is 0.484 e. The van der Waals surface area contributed by atoms with Crippen molar-refractivity contribution < 1.29 is 18.7 Å². The molecule has 3 aromatic carbocycles. The molecule has 0 bridgehead atoms. The molecular weight excluding hydrogens is 511 g/mol. The Bertz CT molecular complexity index is 1090. The minimum Gasteiger partial charge on any atom is -0.484 e. The third-order valence-electron chi connectivity index (χ3n) is 5.40. The van der Waals surface area contributed by atoms with Crippen molar-refractivity contribution in [3.8, 4) is 5.75 Å². The number of hydrogen-bond donors (Lipinski definition) is 1. The van der Waals surface area contributed by atoms with Crippen molar-refractivity contribution in [2.45, 2.75) is 32.9 Å². The minimum absolute atomic E-state index is 0.148. The van der Waals surface area contributed by atoms with Gasteiger partial charge in [-0.2, -0.15) is 0 Å². The molecule has 184 valence electrons. The number of nitrogens with zero attached hydrogens (tertiary/aromatic N) is 1. The highest BCUT2D eigenvalue weighted by atomic mass is 79.9. The topological polar surface area (TPSA) is 58.6 Å². The summed E-state index contributed by atoms with van der Waals surface area (Å²) < 4.78 is 20.1. The van der Waals surface area contributed by atoms with Gasteiger partial charge in [-0.1, -0.05) is 72.2 Å². The Morgan fingerprint density at radius 3 is 2.23 bits per heavy atom. The first-order chi connectivity index (χ1) is 16.8. The lowest BCUT2D eigenvalue weighted by atomic mass is 10.0. The number of benzene rings is 3. The molecule has 0 saturated heterocycles. The number of rotatable bonds is 11. The van der Waals surface area contributed by atoms with E-state index in [9.17, 15) is 14.0 Å². The SMILES string of the molecule is CC(C)CNC(=O)C(Cc1ccccc1)N(Cc1ccc(F)cc1)C(=O)COc1ccc(Br)cc1. The first kappa shape index (κ1) is 26.4. The van der Waals surface area contributed by atoms with E-state index in [0.29, 0.717) is 18.7 Å². The number of amides is 2. The van der Waals surface area contributed by atoms with Gasteiger partial charge in [0.05, 0.1) is 0 Å². The van der Waals surface area contributed by atoms with Crippen LogP contribution in [0.4, 0.5) is 4.39 Å². The molecule has 0 saturated carbocycles. The van der Waals surface area contributed by atoms with E-state index in [1.807, 2.05) is 56.3 Å². The van der Waals surface area contributed by atoms with E-state index in [1.54, 1.807) is 24.3 Å². The molecule has 0 heterocycles. The maximum Gasteiger partial charge on any atom is 0.261 e. The smallest absolute Gasteiger partial charge is 0.261 e. The summed E-state index contributed by atoms with van der Waals surface area (Å²) >= 11 is 3.38. The zero-order valence-electron chi connectivity index (χ0n) is 19.9. The molecule has 0 aromatic heterocycles. The standard InChI is InChI=1S/C28H30BrFN2O3/c1-20(2)17-31-28(34)26(16-21-6-4-3-5-7-21)32(18-22-8-12-24(30)13-9-22)27(33)19-35-25-14-10-23(29)11-15-25/h3-15,20,26H,16-19H2,1-2H3,(H,31,34). The number of ether oxygens (including phenoxy) is 1. The highest BCUT2D eigenvalue weighted by Crippen LogP contribution is 2.18. The summed E-state index contributed by atoms with van der Waals surface area (Å²) in [4.78, 5) is 28.3. The fourth-order valence-corrected chi connectivity index (χ4v) is 3.79. The van der Waals surface area contributed by atoms with Crippen LogP contribution in [-0.2, 0) is 22.6 Å². The summed E-state index contributed by atoms with van der Waals surface area (Å²) in [5, 5.41) is 2.97. The zero-order valence-corrected chi connectivity index (χ0v) is 21.5. The highest BCUT2D eigenvalue weighted by Gasteiger charge is 2.30. The van der Waals surface area contributed by atoms with Gasteiger partial charge >= 0.3 is 0 Å². The molecule has 3 aromatic rings. The van der Waals surface area contributed by atoms with Gasteiger partial charge in [0.25, 0.3) is 5.91 Å². The molecule has 0 aliphatic carbocycles. The van der Waals surface area contributed by atoms with Gasteiger partial charge < -0.3 is 15.0 Å². The Hall–Kier alpha value is -3.19. The van der Waals surface area contributed by atoms with Crippen molar-refractivity contribution in [2.75, 3.05) is 13.2 Å². The monoisotopic (exact) mass is 540 g/mol. The predicted molar refractivity (Wildman–Crippen MR) is 138 cm³/mol. The molecule has 1 unspecified atom stereocenters. The van der Waals surface area contributed by atoms with Gasteiger partial charge in [-0.3, -0.25) is 9.59 Å². The van der Waals surface area contributed by atoms with E-state index in [4.69, 9.17) is 4.74 Å². The van der Waals surface area contributed by atoms with Crippen LogP contribution in [0.15, 0.2) is 83.3 Å². The van der Waals surface area contributed by atoms with Crippen LogP contribution < -0.4 is 10.1 Å². The second-order valence-corrected chi connectivity index (χ2v) is 9.65. The lowest BCUT2D eigenvalue weighted by Gasteiger charge is -2.31. The molecule has 3 rings (SSSR count). The van der Waals surface area contributed by atoms with Crippen LogP contribution in [0.1, 0.15) is 25.0 Å². The quantitative estimate of drug-likeness (QED) is 0.355. The molecule has 1 atom stereocenters. The Morgan fingerprint density at radius 2 is 1.60 bits per heavy atom. The van der Waals surface area contributed by atoms with Crippen LogP contribution in [0.5, 0.6) is 5.75 Å². The van der Waals surface area contributed by atoms with Crippen LogP contribution in [0, 0.1) is 11.7 Å². The van der Waals surface area contributed by atoms with E-state index in [0.717, 1.165) is 15.6 Å². The van der Waals surface area contributed by atoms with Gasteiger partial charge in [0, 0.05) is 24.0 Å². The molecular formula is C28H30BrFN2O3. The Morgan fingerprint density at radius 1 is 0.943 bits per heavy atom. The third-order valence-corrected chi connectivity index (χ3v) is 5.93. The average Bonchev–Trinajstić information content (AvgIpc) is 2.86. The molecule has 5 nitrogen and oxygen atoms in total. The number of nitrogens with one attached hydrogen (secondary N) is 1. The summed E-state index contributed by atoms with van der Waals surface area (Å²) in [6.07, 6.45) is 0.343. The van der Waals surface area contributed by atoms with Gasteiger partial charge in [0.1, 0.15) is 17.6 Å². The van der Waals surface area contributed by atoms with Gasteiger partial charge in [-0.25, -0.2) is 4.39 Å². The maximum atomic E-state index is 13.5. The van der Waals surface area contributed by atoms with Gasteiger partial charge in [0.2, 0.25) is 5.91 Å². The maximum absolute atomic E-state index is 13.5. The van der Waals surface area contributed by atoms with Crippen molar-refractivity contribution in [2.24, 2.45) is 5.92 Å². The second-order valence-electron chi connectivity index (χ2n) is 8.74. The average molecular weight is 541 g/mol. The summed E-state index contributed by atoms with van der Waals surface area (Å²) in [6, 6.07) is 21.9. The number of carbonyl (C=O) groups excluding carboxylic acids is 2. The predicted octanol–water partition coefficient (Wildman–Crippen LogP) is 5.38. The molecule has 0 aliphatic rings. The number of hydrogen-bond acceptors (Lipinski definition) is 3. The van der Waals surface area contributed by atoms with E-state index < -0.39 is 6.04 Å². The summed E-state index contributed by atoms with van der Waals surface area (Å²) in [6.45, 7) is 4.44. The van der Waals surface area contributed by atoms with Crippen molar-refractivity contribution >= 4 is 27.7 Å². The lowest BCUT2D eigenvalue weighted by Crippen LogP contribution is -2.52. The zero-order chi connectivity index (χ0) is 25.2. The van der Waals surface area contributed by atoms with Crippen LogP contribution >= 0.6 is 15.9 Å². The molecule has 1 N–H and O–H groups in total. The molecule has 0 spiro atoms. The van der Waals surface area contributed by atoms with Crippen molar-refractivity contribution in [3.63, 3.8) is 0 Å². The fourth-order valence-electron chi connectivity index (χ4n) is 3.52. The molecule has 35 heavy (non-hydrogen) atoms. The lowest BCUT2D eigenvalue weighted by molar-refractivity contribution is -0.142. The van der Waals surface area contributed by atoms with Gasteiger partial charge in [-0.05, 0) is 53.4 Å². The second kappa shape index (κ2) is 13.0. The number of carbonyl (C=O) groups is 2. The Kier molecular flexibility index (Phi) is 9.85. The van der Waals surface area contributed by atoms with Gasteiger partial charge in [-0.15, -0.1) is 0 Å². The molecule has 7 heteroatoms. The van der Waals surface area contributed by atoms with Crippen molar-refractivity contribution in [1.29, 1.82) is 0 Å². The van der Waals surface area contributed by atoms with Crippen molar-refractivity contribution in [1.82, 2.24) is 10.2 Å². The van der Waals surface area contributed by atoms with E-state index >= 15 is 0 Å². The molecule has 0 radical (unpaired) electrons. The minimum atomic E-state index is -0.762. The molecule has 2 amide bonds. The van der Waals surface area contributed by atoms with Crippen LogP contribution in [0.3, 0.4) is 0 Å². The Balaban J connectivity index is 1.88. The first-order valence-electron chi connectivity index (χ1n) is 11.6. The van der Waals surface area contributed by atoms with Gasteiger partial charge in [0.15, 0.2) is 6.61 Å². The summed E-state index contributed by atoms with van der Waals surface area (Å²) in [7, 11) is 0. The van der Waals surface area contributed by atoms with E-state index in [1.165, 1.54) is 17.0 Å². The number of halogens is 2. The molecule has 0 aliphatic heterocycles. The van der Waals surface area contributed by atoms with Crippen LogP contribution in [-0.4, -0.2) is 35.9 Å². The Labute approximate surface area is 214 Å². The van der Waals surface area contributed by atoms with Crippen LogP contribution in [0.25, 0.3) is 0 Å². The van der Waals surface area contributed by atoms with Crippen LogP contribution in [0.2, 0.25) is 0 Å². The first-order valence-corrected chi connectivity index (χ1v) is 12.3.